The van der Waals surface area contributed by atoms with Crippen LogP contribution in [0.4, 0.5) is 0 Å². The molecule has 96 valence electrons. The van der Waals surface area contributed by atoms with Crippen LogP contribution in [0.2, 0.25) is 0 Å². The zero-order valence-corrected chi connectivity index (χ0v) is 11.3. The first-order valence-corrected chi connectivity index (χ1v) is 7.03. The molecular formula is C14H29NO. The minimum atomic E-state index is 0.563. The first-order valence-electron chi connectivity index (χ1n) is 7.03. The summed E-state index contributed by atoms with van der Waals surface area (Å²) in [5, 5.41) is 3.61. The van der Waals surface area contributed by atoms with Crippen LogP contribution in [0.25, 0.3) is 0 Å². The molecule has 1 aliphatic heterocycles. The van der Waals surface area contributed by atoms with Gasteiger partial charge in [-0.15, -0.1) is 0 Å². The van der Waals surface area contributed by atoms with Crippen LogP contribution in [0.3, 0.4) is 0 Å². The van der Waals surface area contributed by atoms with Crippen LogP contribution in [0.1, 0.15) is 59.3 Å². The molecule has 2 nitrogen and oxygen atoms in total. The summed E-state index contributed by atoms with van der Waals surface area (Å²) in [4.78, 5) is 0. The Balaban J connectivity index is 1.89. The molecular weight excluding hydrogens is 198 g/mol. The number of nitrogens with one attached hydrogen (secondary N) is 1. The quantitative estimate of drug-likeness (QED) is 0.642. The van der Waals surface area contributed by atoms with Gasteiger partial charge in [-0.05, 0) is 57.9 Å². The van der Waals surface area contributed by atoms with Crippen LogP contribution < -0.4 is 5.32 Å². The molecule has 0 aliphatic carbocycles. The van der Waals surface area contributed by atoms with Gasteiger partial charge in [0, 0.05) is 12.6 Å². The molecule has 0 bridgehead atoms. The molecule has 1 saturated heterocycles. The number of ether oxygens (including phenoxy) is 1. The van der Waals surface area contributed by atoms with Crippen molar-refractivity contribution in [1.82, 2.24) is 5.32 Å². The topological polar surface area (TPSA) is 21.3 Å². The van der Waals surface area contributed by atoms with Crippen LogP contribution in [0, 0.1) is 5.92 Å². The predicted molar refractivity (Wildman–Crippen MR) is 69.7 cm³/mol. The SMILES string of the molecule is CC(C)CCC(C)NCCCC1CCCO1. The number of rotatable bonds is 8. The molecule has 0 amide bonds. The monoisotopic (exact) mass is 227 g/mol. The summed E-state index contributed by atoms with van der Waals surface area (Å²) in [6.45, 7) is 9.03. The molecule has 1 fully saturated rings. The summed E-state index contributed by atoms with van der Waals surface area (Å²) < 4.78 is 5.61. The van der Waals surface area contributed by atoms with Crippen molar-refractivity contribution in [3.8, 4) is 0 Å². The van der Waals surface area contributed by atoms with Crippen LogP contribution in [0.5, 0.6) is 0 Å². The van der Waals surface area contributed by atoms with Gasteiger partial charge in [-0.1, -0.05) is 13.8 Å². The zero-order valence-electron chi connectivity index (χ0n) is 11.3. The second kappa shape index (κ2) is 8.08. The first-order chi connectivity index (χ1) is 7.68. The van der Waals surface area contributed by atoms with Crippen molar-refractivity contribution < 1.29 is 4.74 Å². The molecule has 1 N–H and O–H groups in total. The van der Waals surface area contributed by atoms with Crippen LogP contribution in [-0.4, -0.2) is 25.3 Å². The van der Waals surface area contributed by atoms with Crippen LogP contribution in [-0.2, 0) is 4.74 Å². The van der Waals surface area contributed by atoms with Crippen molar-refractivity contribution in [3.05, 3.63) is 0 Å². The van der Waals surface area contributed by atoms with E-state index in [1.54, 1.807) is 0 Å². The number of hydrogen-bond acceptors (Lipinski definition) is 2. The molecule has 0 aromatic carbocycles. The van der Waals surface area contributed by atoms with E-state index in [0.717, 1.165) is 19.1 Å². The third-order valence-corrected chi connectivity index (χ3v) is 3.40. The Morgan fingerprint density at radius 1 is 1.25 bits per heavy atom. The van der Waals surface area contributed by atoms with Crippen molar-refractivity contribution in [3.63, 3.8) is 0 Å². The van der Waals surface area contributed by atoms with Crippen molar-refractivity contribution in [1.29, 1.82) is 0 Å². The molecule has 16 heavy (non-hydrogen) atoms. The summed E-state index contributed by atoms with van der Waals surface area (Å²) in [6.07, 6.45) is 8.25. The molecule has 0 spiro atoms. The highest BCUT2D eigenvalue weighted by atomic mass is 16.5. The largest absolute Gasteiger partial charge is 0.378 e. The van der Waals surface area contributed by atoms with Gasteiger partial charge in [0.2, 0.25) is 0 Å². The molecule has 1 aliphatic rings. The lowest BCUT2D eigenvalue weighted by Gasteiger charge is -2.15. The lowest BCUT2D eigenvalue weighted by molar-refractivity contribution is 0.102. The summed E-state index contributed by atoms with van der Waals surface area (Å²) in [5.41, 5.74) is 0. The Morgan fingerprint density at radius 3 is 2.69 bits per heavy atom. The van der Waals surface area contributed by atoms with Crippen molar-refractivity contribution in [2.24, 2.45) is 5.92 Å². The van der Waals surface area contributed by atoms with Crippen LogP contribution >= 0.6 is 0 Å². The van der Waals surface area contributed by atoms with E-state index in [1.807, 2.05) is 0 Å². The highest BCUT2D eigenvalue weighted by Gasteiger charge is 2.14. The second-order valence-corrected chi connectivity index (χ2v) is 5.60. The van der Waals surface area contributed by atoms with E-state index in [-0.39, 0.29) is 0 Å². The maximum Gasteiger partial charge on any atom is 0.0576 e. The van der Waals surface area contributed by atoms with E-state index in [9.17, 15) is 0 Å². The molecule has 0 saturated carbocycles. The minimum Gasteiger partial charge on any atom is -0.378 e. The van der Waals surface area contributed by atoms with Gasteiger partial charge in [0.05, 0.1) is 6.10 Å². The Morgan fingerprint density at radius 2 is 2.06 bits per heavy atom. The van der Waals surface area contributed by atoms with Gasteiger partial charge in [-0.2, -0.15) is 0 Å². The third-order valence-electron chi connectivity index (χ3n) is 3.40. The highest BCUT2D eigenvalue weighted by molar-refractivity contribution is 4.67. The molecule has 0 aromatic heterocycles. The standard InChI is InChI=1S/C14H29NO/c1-12(2)8-9-13(3)15-10-4-6-14-7-5-11-16-14/h12-15H,4-11H2,1-3H3. The maximum absolute atomic E-state index is 5.61. The van der Waals surface area contributed by atoms with Gasteiger partial charge in [0.25, 0.3) is 0 Å². The molecule has 2 atom stereocenters. The Bertz CT molecular complexity index is 164. The normalized spacial score (nSPS) is 22.9. The molecule has 0 aromatic rings. The third kappa shape index (κ3) is 6.49. The smallest absolute Gasteiger partial charge is 0.0576 e. The summed E-state index contributed by atoms with van der Waals surface area (Å²) in [5.74, 6) is 0.830. The van der Waals surface area contributed by atoms with Crippen molar-refractivity contribution >= 4 is 0 Å². The predicted octanol–water partition coefficient (Wildman–Crippen LogP) is 3.36. The van der Waals surface area contributed by atoms with Gasteiger partial charge in [-0.3, -0.25) is 0 Å². The van der Waals surface area contributed by atoms with Gasteiger partial charge in [-0.25, -0.2) is 0 Å². The molecule has 2 unspecified atom stereocenters. The fourth-order valence-corrected chi connectivity index (χ4v) is 2.24. The van der Waals surface area contributed by atoms with Gasteiger partial charge in [0.1, 0.15) is 0 Å². The first kappa shape index (κ1) is 14.0. The van der Waals surface area contributed by atoms with E-state index in [1.165, 1.54) is 38.5 Å². The van der Waals surface area contributed by atoms with Crippen LogP contribution in [0.15, 0.2) is 0 Å². The molecule has 0 radical (unpaired) electrons. The molecule has 1 rings (SSSR count). The zero-order chi connectivity index (χ0) is 11.8. The Hall–Kier alpha value is -0.0800. The average molecular weight is 227 g/mol. The van der Waals surface area contributed by atoms with Gasteiger partial charge in [0.15, 0.2) is 0 Å². The van der Waals surface area contributed by atoms with E-state index in [2.05, 4.69) is 26.1 Å². The summed E-state index contributed by atoms with van der Waals surface area (Å²) >= 11 is 0. The highest BCUT2D eigenvalue weighted by Crippen LogP contribution is 2.16. The van der Waals surface area contributed by atoms with E-state index < -0.39 is 0 Å². The molecule has 1 heterocycles. The molecule has 2 heteroatoms. The summed E-state index contributed by atoms with van der Waals surface area (Å²) in [6, 6.07) is 0.673. The minimum absolute atomic E-state index is 0.563. The second-order valence-electron chi connectivity index (χ2n) is 5.60. The van der Waals surface area contributed by atoms with Crippen molar-refractivity contribution in [2.45, 2.75) is 71.4 Å². The fourth-order valence-electron chi connectivity index (χ4n) is 2.24. The Kier molecular flexibility index (Phi) is 7.06. The van der Waals surface area contributed by atoms with E-state index in [4.69, 9.17) is 4.74 Å². The lowest BCUT2D eigenvalue weighted by Crippen LogP contribution is -2.27. The van der Waals surface area contributed by atoms with E-state index in [0.29, 0.717) is 12.1 Å². The lowest BCUT2D eigenvalue weighted by atomic mass is 10.0. The average Bonchev–Trinajstić information content (AvgIpc) is 2.74. The fraction of sp³-hybridized carbons (Fsp3) is 1.00. The summed E-state index contributed by atoms with van der Waals surface area (Å²) in [7, 11) is 0. The van der Waals surface area contributed by atoms with Gasteiger partial charge < -0.3 is 10.1 Å². The van der Waals surface area contributed by atoms with Crippen molar-refractivity contribution in [2.75, 3.05) is 13.2 Å². The number of hydrogen-bond donors (Lipinski definition) is 1. The Labute approximate surface area is 101 Å². The van der Waals surface area contributed by atoms with E-state index >= 15 is 0 Å². The maximum atomic E-state index is 5.61. The van der Waals surface area contributed by atoms with Gasteiger partial charge >= 0.3 is 0 Å².